The number of pyridine rings is 1. The van der Waals surface area contributed by atoms with Crippen LogP contribution in [0, 0.1) is 5.92 Å². The van der Waals surface area contributed by atoms with Gasteiger partial charge in [0.25, 0.3) is 0 Å². The molecule has 3 heterocycles. The number of nitrogens with one attached hydrogen (secondary N) is 1. The van der Waals surface area contributed by atoms with Gasteiger partial charge in [-0.15, -0.1) is 0 Å². The fourth-order valence-electron chi connectivity index (χ4n) is 1.94. The van der Waals surface area contributed by atoms with Gasteiger partial charge in [-0.05, 0) is 31.1 Å². The van der Waals surface area contributed by atoms with Crippen molar-refractivity contribution >= 4 is 5.65 Å². The van der Waals surface area contributed by atoms with E-state index in [1.54, 1.807) is 0 Å². The molecule has 1 saturated heterocycles. The van der Waals surface area contributed by atoms with Crippen LogP contribution in [0.2, 0.25) is 0 Å². The molecule has 0 aliphatic carbocycles. The lowest BCUT2D eigenvalue weighted by Gasteiger charge is -2.25. The van der Waals surface area contributed by atoms with E-state index in [2.05, 4.69) is 15.4 Å². The number of halogens is 3. The zero-order chi connectivity index (χ0) is 12.8. The van der Waals surface area contributed by atoms with Crippen molar-refractivity contribution in [1.82, 2.24) is 19.9 Å². The zero-order valence-electron chi connectivity index (χ0n) is 9.41. The summed E-state index contributed by atoms with van der Waals surface area (Å²) in [4.78, 5) is 4.13. The Labute approximate surface area is 101 Å². The van der Waals surface area contributed by atoms with Gasteiger partial charge in [-0.25, -0.2) is 9.50 Å². The van der Waals surface area contributed by atoms with E-state index in [4.69, 9.17) is 0 Å². The molecule has 2 aromatic heterocycles. The van der Waals surface area contributed by atoms with Gasteiger partial charge in [0.1, 0.15) is 0 Å². The van der Waals surface area contributed by atoms with Crippen LogP contribution in [0.1, 0.15) is 11.4 Å². The number of hydrogen-bond acceptors (Lipinski definition) is 3. The molecule has 0 radical (unpaired) electrons. The van der Waals surface area contributed by atoms with Crippen LogP contribution < -0.4 is 5.32 Å². The van der Waals surface area contributed by atoms with Crippen LogP contribution in [0.3, 0.4) is 0 Å². The predicted molar refractivity (Wildman–Crippen MR) is 58.1 cm³/mol. The third-order valence-corrected chi connectivity index (χ3v) is 3.05. The molecule has 0 bridgehead atoms. The molecule has 3 rings (SSSR count). The second-order valence-corrected chi connectivity index (χ2v) is 4.47. The second kappa shape index (κ2) is 3.94. The van der Waals surface area contributed by atoms with Crippen molar-refractivity contribution in [1.29, 1.82) is 0 Å². The van der Waals surface area contributed by atoms with Crippen LogP contribution in [0.5, 0.6) is 0 Å². The number of hydrogen-bond donors (Lipinski definition) is 1. The van der Waals surface area contributed by atoms with Gasteiger partial charge in [0.05, 0.1) is 5.56 Å². The third kappa shape index (κ3) is 2.05. The van der Waals surface area contributed by atoms with E-state index in [9.17, 15) is 13.2 Å². The number of aromatic nitrogens is 3. The summed E-state index contributed by atoms with van der Waals surface area (Å²) in [6.07, 6.45) is -2.34. The molecule has 1 aliphatic rings. The van der Waals surface area contributed by atoms with Gasteiger partial charge in [0.15, 0.2) is 11.5 Å². The summed E-state index contributed by atoms with van der Waals surface area (Å²) in [6.45, 7) is 1.84. The van der Waals surface area contributed by atoms with Gasteiger partial charge in [0, 0.05) is 12.6 Å². The average molecular weight is 256 g/mol. The molecule has 0 saturated carbocycles. The molecule has 0 atom stereocenters. The molecule has 1 N–H and O–H groups in total. The lowest BCUT2D eigenvalue weighted by Crippen LogP contribution is -2.43. The van der Waals surface area contributed by atoms with E-state index in [0.29, 0.717) is 18.2 Å². The first kappa shape index (κ1) is 11.5. The standard InChI is InChI=1S/C11H11F3N4/c12-11(13,14)8-1-2-18-10(4-8)16-9(17-18)3-7-5-15-6-7/h1-2,4,7,15H,3,5-6H2. The highest BCUT2D eigenvalue weighted by atomic mass is 19.4. The van der Waals surface area contributed by atoms with E-state index in [0.717, 1.165) is 25.2 Å². The van der Waals surface area contributed by atoms with Gasteiger partial charge in [-0.1, -0.05) is 0 Å². The number of nitrogens with zero attached hydrogens (tertiary/aromatic N) is 3. The second-order valence-electron chi connectivity index (χ2n) is 4.47. The summed E-state index contributed by atoms with van der Waals surface area (Å²) in [5, 5.41) is 7.30. The molecule has 0 aromatic carbocycles. The van der Waals surface area contributed by atoms with Crippen molar-refractivity contribution in [3.63, 3.8) is 0 Å². The molecule has 0 unspecified atom stereocenters. The molecule has 18 heavy (non-hydrogen) atoms. The zero-order valence-corrected chi connectivity index (χ0v) is 9.41. The number of rotatable bonds is 2. The minimum Gasteiger partial charge on any atom is -0.316 e. The molecule has 0 spiro atoms. The first-order chi connectivity index (χ1) is 8.52. The summed E-state index contributed by atoms with van der Waals surface area (Å²) in [5.74, 6) is 1.09. The normalized spacial score (nSPS) is 17.1. The quantitative estimate of drug-likeness (QED) is 0.885. The SMILES string of the molecule is FC(F)(F)c1ccn2nc(CC3CNC3)nc2c1. The average Bonchev–Trinajstić information content (AvgIpc) is 2.63. The third-order valence-electron chi connectivity index (χ3n) is 3.05. The molecular weight excluding hydrogens is 245 g/mol. The largest absolute Gasteiger partial charge is 0.416 e. The molecule has 1 aliphatic heterocycles. The minimum atomic E-state index is -4.34. The van der Waals surface area contributed by atoms with E-state index in [1.165, 1.54) is 10.7 Å². The van der Waals surface area contributed by atoms with E-state index >= 15 is 0 Å². The Morgan fingerprint density at radius 3 is 2.78 bits per heavy atom. The van der Waals surface area contributed by atoms with Gasteiger partial charge < -0.3 is 5.32 Å². The Morgan fingerprint density at radius 2 is 2.17 bits per heavy atom. The van der Waals surface area contributed by atoms with Gasteiger partial charge in [-0.2, -0.15) is 18.3 Å². The molecule has 96 valence electrons. The van der Waals surface area contributed by atoms with Crippen LogP contribution in [0.15, 0.2) is 18.3 Å². The van der Waals surface area contributed by atoms with Crippen molar-refractivity contribution in [2.45, 2.75) is 12.6 Å². The first-order valence-electron chi connectivity index (χ1n) is 5.65. The van der Waals surface area contributed by atoms with Crippen molar-refractivity contribution in [2.75, 3.05) is 13.1 Å². The van der Waals surface area contributed by atoms with E-state index < -0.39 is 11.7 Å². The molecule has 1 fully saturated rings. The van der Waals surface area contributed by atoms with Crippen LogP contribution in [-0.2, 0) is 12.6 Å². The summed E-state index contributed by atoms with van der Waals surface area (Å²) in [6, 6.07) is 2.03. The summed E-state index contributed by atoms with van der Waals surface area (Å²) in [5.41, 5.74) is -0.452. The fourth-order valence-corrected chi connectivity index (χ4v) is 1.94. The summed E-state index contributed by atoms with van der Waals surface area (Å²) >= 11 is 0. The Hall–Kier alpha value is -1.63. The molecular formula is C11H11F3N4. The Kier molecular flexibility index (Phi) is 2.51. The molecule has 2 aromatic rings. The maximum Gasteiger partial charge on any atom is 0.416 e. The minimum absolute atomic E-state index is 0.243. The Bertz CT molecular complexity index is 571. The smallest absolute Gasteiger partial charge is 0.316 e. The number of fused-ring (bicyclic) bond motifs is 1. The highest BCUT2D eigenvalue weighted by molar-refractivity contribution is 5.41. The summed E-state index contributed by atoms with van der Waals surface area (Å²) < 4.78 is 39.0. The van der Waals surface area contributed by atoms with E-state index in [1.807, 2.05) is 0 Å². The predicted octanol–water partition coefficient (Wildman–Crippen LogP) is 1.51. The number of alkyl halides is 3. The fraction of sp³-hybridized carbons (Fsp3) is 0.455. The van der Waals surface area contributed by atoms with Crippen LogP contribution in [-0.4, -0.2) is 27.7 Å². The molecule has 4 nitrogen and oxygen atoms in total. The van der Waals surface area contributed by atoms with Gasteiger partial charge in [-0.3, -0.25) is 0 Å². The Morgan fingerprint density at radius 1 is 1.39 bits per heavy atom. The monoisotopic (exact) mass is 256 g/mol. The van der Waals surface area contributed by atoms with Gasteiger partial charge in [0.2, 0.25) is 0 Å². The van der Waals surface area contributed by atoms with E-state index in [-0.39, 0.29) is 5.65 Å². The lowest BCUT2D eigenvalue weighted by molar-refractivity contribution is -0.137. The van der Waals surface area contributed by atoms with Crippen molar-refractivity contribution in [3.05, 3.63) is 29.7 Å². The maximum atomic E-state index is 12.5. The highest BCUT2D eigenvalue weighted by Gasteiger charge is 2.31. The van der Waals surface area contributed by atoms with Crippen molar-refractivity contribution < 1.29 is 13.2 Å². The molecule has 7 heteroatoms. The van der Waals surface area contributed by atoms with Crippen LogP contribution in [0.4, 0.5) is 13.2 Å². The maximum absolute atomic E-state index is 12.5. The molecule has 0 amide bonds. The lowest BCUT2D eigenvalue weighted by atomic mass is 9.99. The van der Waals surface area contributed by atoms with Crippen LogP contribution >= 0.6 is 0 Å². The topological polar surface area (TPSA) is 42.2 Å². The highest BCUT2D eigenvalue weighted by Crippen LogP contribution is 2.29. The Balaban J connectivity index is 1.91. The summed E-state index contributed by atoms with van der Waals surface area (Å²) in [7, 11) is 0. The van der Waals surface area contributed by atoms with Crippen molar-refractivity contribution in [3.8, 4) is 0 Å². The first-order valence-corrected chi connectivity index (χ1v) is 5.65. The van der Waals surface area contributed by atoms with Crippen molar-refractivity contribution in [2.24, 2.45) is 5.92 Å². The van der Waals surface area contributed by atoms with Crippen LogP contribution in [0.25, 0.3) is 5.65 Å². The van der Waals surface area contributed by atoms with Gasteiger partial charge >= 0.3 is 6.18 Å².